The van der Waals surface area contributed by atoms with Gasteiger partial charge in [-0.25, -0.2) is 0 Å². The largest absolute Gasteiger partial charge is 1.00 e. The van der Waals surface area contributed by atoms with Gasteiger partial charge in [0.05, 0.1) is 33.7 Å². The molecule has 0 spiro atoms. The summed E-state index contributed by atoms with van der Waals surface area (Å²) in [5.74, 6) is 0.440. The van der Waals surface area contributed by atoms with Gasteiger partial charge >= 0.3 is 23.9 Å². The highest BCUT2D eigenvalue weighted by molar-refractivity contribution is 5.72. The van der Waals surface area contributed by atoms with Gasteiger partial charge in [-0.3, -0.25) is 19.2 Å². The van der Waals surface area contributed by atoms with Gasteiger partial charge in [0.1, 0.15) is 6.54 Å². The molecule has 0 amide bonds. The van der Waals surface area contributed by atoms with E-state index in [1.54, 1.807) is 0 Å². The Morgan fingerprint density at radius 1 is 0.811 bits per heavy atom. The lowest BCUT2D eigenvalue weighted by molar-refractivity contribution is -0.883. The topological polar surface area (TPSA) is 114 Å². The minimum atomic E-state index is -1.31. The van der Waals surface area contributed by atoms with Crippen molar-refractivity contribution >= 4 is 23.9 Å². The molecule has 10 nitrogen and oxygen atoms in total. The van der Waals surface area contributed by atoms with Crippen LogP contribution in [0.15, 0.2) is 0 Å². The molecule has 0 aromatic rings. The first-order valence-electron chi connectivity index (χ1n) is 12.7. The third-order valence-corrected chi connectivity index (χ3v) is 5.47. The molecule has 1 heterocycles. The summed E-state index contributed by atoms with van der Waals surface area (Å²) in [7, 11) is 3.93. The number of ether oxygens (including phenoxy) is 5. The number of carbonyl (C=O) groups excluding carboxylic acids is 4. The molecule has 212 valence electrons. The van der Waals surface area contributed by atoms with Gasteiger partial charge in [-0.05, 0) is 25.2 Å². The molecule has 0 aromatic carbocycles. The predicted octanol–water partition coefficient (Wildman–Crippen LogP) is -0.485. The fourth-order valence-corrected chi connectivity index (χ4v) is 3.64. The summed E-state index contributed by atoms with van der Waals surface area (Å²) in [4.78, 5) is 49.6. The van der Waals surface area contributed by atoms with Gasteiger partial charge in [0.2, 0.25) is 12.4 Å². The number of hydrogen-bond acceptors (Lipinski definition) is 9. The Morgan fingerprint density at radius 3 is 1.81 bits per heavy atom. The molecule has 0 bridgehead atoms. The van der Waals surface area contributed by atoms with Crippen molar-refractivity contribution in [3.63, 3.8) is 0 Å². The zero-order valence-electron chi connectivity index (χ0n) is 22.7. The van der Waals surface area contributed by atoms with E-state index in [9.17, 15) is 19.2 Å². The van der Waals surface area contributed by atoms with Crippen molar-refractivity contribution in [1.29, 1.82) is 0 Å². The molecule has 1 aliphatic heterocycles. The second-order valence-corrected chi connectivity index (χ2v) is 9.50. The van der Waals surface area contributed by atoms with Crippen molar-refractivity contribution in [2.75, 3.05) is 33.8 Å². The second-order valence-electron chi connectivity index (χ2n) is 9.50. The van der Waals surface area contributed by atoms with Crippen LogP contribution in [-0.2, 0) is 42.9 Å². The van der Waals surface area contributed by atoms with E-state index in [1.807, 2.05) is 34.9 Å². The van der Waals surface area contributed by atoms with Crippen LogP contribution < -0.4 is 17.0 Å². The summed E-state index contributed by atoms with van der Waals surface area (Å²) >= 11 is 0. The SMILES string of the molecule is C#CC[N+](C)(C)CCCC(=O)O[C@H]1OC[C@H](OC(=O)CCC)[C@H](OC(=O)CCC)[C@H]1OC(=O)CCC.[Br-]. The molecule has 0 saturated carbocycles. The van der Waals surface area contributed by atoms with Crippen LogP contribution in [0.3, 0.4) is 0 Å². The molecule has 37 heavy (non-hydrogen) atoms. The number of halogens is 1. The van der Waals surface area contributed by atoms with Crippen LogP contribution in [0.25, 0.3) is 0 Å². The average molecular weight is 593 g/mol. The minimum Gasteiger partial charge on any atom is -1.00 e. The molecule has 11 heteroatoms. The Labute approximate surface area is 231 Å². The van der Waals surface area contributed by atoms with Crippen LogP contribution in [0.2, 0.25) is 0 Å². The summed E-state index contributed by atoms with van der Waals surface area (Å²) in [6.45, 7) is 6.45. The van der Waals surface area contributed by atoms with Gasteiger partial charge in [-0.1, -0.05) is 20.8 Å². The monoisotopic (exact) mass is 591 g/mol. The first kappa shape index (κ1) is 34.8. The van der Waals surface area contributed by atoms with Crippen LogP contribution >= 0.6 is 0 Å². The Balaban J connectivity index is 0.0000130. The second kappa shape index (κ2) is 18.2. The van der Waals surface area contributed by atoms with E-state index in [1.165, 1.54) is 0 Å². The van der Waals surface area contributed by atoms with E-state index in [2.05, 4.69) is 5.92 Å². The van der Waals surface area contributed by atoms with Crippen LogP contribution in [0.4, 0.5) is 0 Å². The van der Waals surface area contributed by atoms with Gasteiger partial charge < -0.3 is 45.1 Å². The van der Waals surface area contributed by atoms with E-state index in [4.69, 9.17) is 30.1 Å². The van der Waals surface area contributed by atoms with E-state index in [0.29, 0.717) is 43.3 Å². The lowest BCUT2D eigenvalue weighted by Gasteiger charge is -2.40. The number of esters is 4. The first-order valence-corrected chi connectivity index (χ1v) is 12.7. The van der Waals surface area contributed by atoms with Gasteiger partial charge in [-0.15, -0.1) is 6.42 Å². The maximum atomic E-state index is 12.6. The number of nitrogens with zero attached hydrogens (tertiary/aromatic N) is 1. The molecule has 4 atom stereocenters. The van der Waals surface area contributed by atoms with E-state index >= 15 is 0 Å². The van der Waals surface area contributed by atoms with Crippen molar-refractivity contribution in [1.82, 2.24) is 0 Å². The number of hydrogen-bond donors (Lipinski definition) is 0. The number of rotatable bonds is 15. The van der Waals surface area contributed by atoms with Gasteiger partial charge in [0, 0.05) is 25.7 Å². The van der Waals surface area contributed by atoms with Crippen molar-refractivity contribution in [3.8, 4) is 12.3 Å². The number of quaternary nitrogens is 1. The molecule has 1 aliphatic rings. The molecular weight excluding hydrogens is 550 g/mol. The Hall–Kier alpha value is -2.16. The molecule has 1 saturated heterocycles. The smallest absolute Gasteiger partial charge is 0.308 e. The summed E-state index contributed by atoms with van der Waals surface area (Å²) in [6, 6.07) is 0. The molecule has 0 radical (unpaired) electrons. The highest BCUT2D eigenvalue weighted by Gasteiger charge is 2.49. The summed E-state index contributed by atoms with van der Waals surface area (Å²) in [5, 5.41) is 0. The molecule has 0 aliphatic carbocycles. The highest BCUT2D eigenvalue weighted by atomic mass is 79.9. The van der Waals surface area contributed by atoms with Crippen molar-refractivity contribution in [3.05, 3.63) is 0 Å². The van der Waals surface area contributed by atoms with Crippen LogP contribution in [0, 0.1) is 12.3 Å². The van der Waals surface area contributed by atoms with Gasteiger partial charge in [0.15, 0.2) is 12.2 Å². The van der Waals surface area contributed by atoms with Gasteiger partial charge in [0.25, 0.3) is 0 Å². The van der Waals surface area contributed by atoms with E-state index in [-0.39, 0.29) is 49.3 Å². The zero-order valence-corrected chi connectivity index (χ0v) is 24.3. The van der Waals surface area contributed by atoms with Crippen molar-refractivity contribution in [2.24, 2.45) is 0 Å². The maximum absolute atomic E-state index is 12.6. The van der Waals surface area contributed by atoms with Crippen LogP contribution in [0.1, 0.15) is 72.1 Å². The highest BCUT2D eigenvalue weighted by Crippen LogP contribution is 2.27. The first-order chi connectivity index (χ1) is 17.1. The standard InChI is InChI=1S/C26H42NO9.BrH/c1-7-12-20(28)33-19-18-32-26(36-23(31)15-11-17-27(5,6)16-10-4)25(35-22(30)14-9-3)24(19)34-21(29)13-8-2;/h4,19,24-26H,7-9,11-18H2,1-3,5-6H3;1H/q+1;/p-1/t19-,24-,25+,26+;/m0./s1. The Morgan fingerprint density at radius 2 is 1.30 bits per heavy atom. The van der Waals surface area contributed by atoms with Crippen molar-refractivity contribution < 1.29 is 64.3 Å². The summed E-state index contributed by atoms with van der Waals surface area (Å²) in [6.07, 6.45) is 3.25. The maximum Gasteiger partial charge on any atom is 0.308 e. The molecule has 0 N–H and O–H groups in total. The molecule has 0 unspecified atom stereocenters. The fraction of sp³-hybridized carbons (Fsp3) is 0.769. The minimum absolute atomic E-state index is 0. The van der Waals surface area contributed by atoms with Gasteiger partial charge in [-0.2, -0.15) is 0 Å². The van der Waals surface area contributed by atoms with Crippen LogP contribution in [-0.4, -0.2) is 86.8 Å². The van der Waals surface area contributed by atoms with Crippen LogP contribution in [0.5, 0.6) is 0 Å². The summed E-state index contributed by atoms with van der Waals surface area (Å²) in [5.41, 5.74) is 0. The number of terminal acetylenes is 1. The molecule has 1 fully saturated rings. The molecule has 1 rings (SSSR count). The Kier molecular flexibility index (Phi) is 17.1. The predicted molar refractivity (Wildman–Crippen MR) is 130 cm³/mol. The molecule has 0 aromatic heterocycles. The third-order valence-electron chi connectivity index (χ3n) is 5.47. The normalized spacial score (nSPS) is 21.1. The Bertz CT molecular complexity index is 780. The van der Waals surface area contributed by atoms with E-state index in [0.717, 1.165) is 0 Å². The molecular formula is C26H42BrNO9. The lowest BCUT2D eigenvalue weighted by Crippen LogP contribution is -3.00. The zero-order chi connectivity index (χ0) is 27.1. The number of carbonyl (C=O) groups is 4. The fourth-order valence-electron chi connectivity index (χ4n) is 3.64. The summed E-state index contributed by atoms with van der Waals surface area (Å²) < 4.78 is 28.4. The quantitative estimate of drug-likeness (QED) is 0.108. The third kappa shape index (κ3) is 13.3. The van der Waals surface area contributed by atoms with Crippen molar-refractivity contribution in [2.45, 2.75) is 96.7 Å². The van der Waals surface area contributed by atoms with E-state index < -0.39 is 48.5 Å². The lowest BCUT2D eigenvalue weighted by atomic mass is 10.0. The average Bonchev–Trinajstić information content (AvgIpc) is 2.77.